The zero-order valence-electron chi connectivity index (χ0n) is 15.9. The summed E-state index contributed by atoms with van der Waals surface area (Å²) < 4.78 is 13.2. The molecule has 0 aromatic heterocycles. The molecule has 0 aliphatic carbocycles. The van der Waals surface area contributed by atoms with Gasteiger partial charge in [-0.3, -0.25) is 9.79 Å². The molecule has 2 unspecified atom stereocenters. The van der Waals surface area contributed by atoms with Gasteiger partial charge in [-0.05, 0) is 56.8 Å². The summed E-state index contributed by atoms with van der Waals surface area (Å²) in [5, 5.41) is 25.4. The number of nitrogens with two attached hydrogens (primary N) is 1. The van der Waals surface area contributed by atoms with Gasteiger partial charge in [0.05, 0.1) is 5.57 Å². The van der Waals surface area contributed by atoms with Crippen molar-refractivity contribution in [1.29, 1.82) is 5.26 Å². The third kappa shape index (κ3) is 7.21. The molecule has 0 aliphatic rings. The van der Waals surface area contributed by atoms with Crippen molar-refractivity contribution in [2.24, 2.45) is 10.9 Å². The number of rotatable bonds is 12. The van der Waals surface area contributed by atoms with Crippen LogP contribution in [0.4, 0.5) is 10.1 Å². The minimum absolute atomic E-state index is 0.00946. The van der Waals surface area contributed by atoms with Crippen molar-refractivity contribution in [1.82, 2.24) is 10.6 Å². The van der Waals surface area contributed by atoms with Crippen LogP contribution in [-0.4, -0.2) is 37.9 Å². The molecule has 28 heavy (non-hydrogen) atoms. The standard InChI is InChI=1S/C20H26FN5O2/c1-24-8-7-15(11-22)20(28)16(12-26-13-27)4-6-18(25-2)9-14-3-5-17(21)10-19(14)23/h3,5,7-8,10,13,16,18,25,28H,1,4,6,9,12,23H2,2H3,(H,26,27)/b8-7-,20-15-. The third-order valence-electron chi connectivity index (χ3n) is 4.42. The number of carbonyl (C=O) groups excluding carboxylic acids is 1. The number of hydrogen-bond donors (Lipinski definition) is 4. The summed E-state index contributed by atoms with van der Waals surface area (Å²) in [5.41, 5.74) is 7.15. The molecule has 0 bridgehead atoms. The lowest BCUT2D eigenvalue weighted by molar-refractivity contribution is -0.109. The van der Waals surface area contributed by atoms with Crippen LogP contribution in [0.5, 0.6) is 0 Å². The van der Waals surface area contributed by atoms with E-state index in [2.05, 4.69) is 22.3 Å². The first-order chi connectivity index (χ1) is 13.5. The third-order valence-corrected chi connectivity index (χ3v) is 4.42. The maximum Gasteiger partial charge on any atom is 0.207 e. The van der Waals surface area contributed by atoms with Crippen LogP contribution in [0.2, 0.25) is 0 Å². The Morgan fingerprint density at radius 3 is 2.82 bits per heavy atom. The number of nitrogen functional groups attached to an aromatic ring is 1. The average Bonchev–Trinajstić information content (AvgIpc) is 2.69. The van der Waals surface area contributed by atoms with E-state index in [4.69, 9.17) is 5.73 Å². The van der Waals surface area contributed by atoms with Gasteiger partial charge in [-0.15, -0.1) is 0 Å². The van der Waals surface area contributed by atoms with Crippen molar-refractivity contribution in [2.45, 2.75) is 25.3 Å². The van der Waals surface area contributed by atoms with E-state index in [1.54, 1.807) is 13.1 Å². The number of hydrogen-bond acceptors (Lipinski definition) is 6. The van der Waals surface area contributed by atoms with Gasteiger partial charge < -0.3 is 21.5 Å². The molecular weight excluding hydrogens is 361 g/mol. The first-order valence-corrected chi connectivity index (χ1v) is 8.80. The Morgan fingerprint density at radius 2 is 2.25 bits per heavy atom. The first kappa shape index (κ1) is 22.9. The second-order valence-corrected chi connectivity index (χ2v) is 6.24. The molecule has 0 saturated heterocycles. The predicted molar refractivity (Wildman–Crippen MR) is 108 cm³/mol. The molecule has 8 heteroatoms. The molecule has 150 valence electrons. The quantitative estimate of drug-likeness (QED) is 0.109. The highest BCUT2D eigenvalue weighted by Gasteiger charge is 2.20. The topological polar surface area (TPSA) is 124 Å². The molecule has 0 radical (unpaired) electrons. The largest absolute Gasteiger partial charge is 0.511 e. The molecule has 1 amide bonds. The number of nitriles is 1. The Labute approximate surface area is 164 Å². The van der Waals surface area contributed by atoms with E-state index in [1.165, 1.54) is 24.4 Å². The van der Waals surface area contributed by atoms with Gasteiger partial charge in [-0.2, -0.15) is 5.26 Å². The minimum Gasteiger partial charge on any atom is -0.511 e. The van der Waals surface area contributed by atoms with Crippen molar-refractivity contribution in [3.8, 4) is 6.07 Å². The Bertz CT molecular complexity index is 770. The Hall–Kier alpha value is -3.18. The number of likely N-dealkylation sites (N-methyl/N-ethyl adjacent to an activating group) is 1. The van der Waals surface area contributed by atoms with E-state index >= 15 is 0 Å². The van der Waals surface area contributed by atoms with E-state index < -0.39 is 5.92 Å². The molecule has 0 heterocycles. The van der Waals surface area contributed by atoms with E-state index in [1.807, 2.05) is 6.07 Å². The molecule has 0 fully saturated rings. The van der Waals surface area contributed by atoms with Gasteiger partial charge in [0, 0.05) is 30.4 Å². The van der Waals surface area contributed by atoms with Crippen LogP contribution in [0.3, 0.4) is 0 Å². The molecule has 0 saturated carbocycles. The van der Waals surface area contributed by atoms with Gasteiger partial charge in [0.1, 0.15) is 17.6 Å². The average molecular weight is 387 g/mol. The number of nitrogens with one attached hydrogen (secondary N) is 2. The summed E-state index contributed by atoms with van der Waals surface area (Å²) in [7, 11) is 1.80. The number of benzene rings is 1. The van der Waals surface area contributed by atoms with Crippen LogP contribution in [0.1, 0.15) is 18.4 Å². The summed E-state index contributed by atoms with van der Waals surface area (Å²) in [5.74, 6) is -0.952. The van der Waals surface area contributed by atoms with Gasteiger partial charge in [-0.1, -0.05) is 6.07 Å². The van der Waals surface area contributed by atoms with Gasteiger partial charge >= 0.3 is 0 Å². The summed E-state index contributed by atoms with van der Waals surface area (Å²) in [6.07, 6.45) is 4.93. The summed E-state index contributed by atoms with van der Waals surface area (Å²) >= 11 is 0. The molecule has 0 aliphatic heterocycles. The second kappa shape index (κ2) is 12.3. The van der Waals surface area contributed by atoms with Gasteiger partial charge in [-0.25, -0.2) is 4.39 Å². The van der Waals surface area contributed by atoms with E-state index in [0.717, 1.165) is 5.56 Å². The van der Waals surface area contributed by atoms with E-state index in [-0.39, 0.29) is 29.7 Å². The minimum atomic E-state index is -0.448. The number of allylic oxidation sites excluding steroid dienone is 2. The SMILES string of the molecule is C=N/C=C\C(C#N)=C(\O)C(CCC(Cc1ccc(F)cc1N)NC)CNC=O. The van der Waals surface area contributed by atoms with Crippen LogP contribution in [0, 0.1) is 23.1 Å². The fourth-order valence-corrected chi connectivity index (χ4v) is 2.82. The molecule has 1 aromatic carbocycles. The number of anilines is 1. The first-order valence-electron chi connectivity index (χ1n) is 8.80. The summed E-state index contributed by atoms with van der Waals surface area (Å²) in [6, 6.07) is 6.23. The summed E-state index contributed by atoms with van der Waals surface area (Å²) in [6.45, 7) is 3.48. The maximum absolute atomic E-state index is 13.2. The van der Waals surface area contributed by atoms with Crippen molar-refractivity contribution >= 4 is 18.8 Å². The highest BCUT2D eigenvalue weighted by molar-refractivity contribution is 5.47. The molecular formula is C20H26FN5O2. The Balaban J connectivity index is 2.91. The maximum atomic E-state index is 13.2. The van der Waals surface area contributed by atoms with Crippen molar-refractivity contribution in [2.75, 3.05) is 19.3 Å². The fraction of sp³-hybridized carbons (Fsp3) is 0.350. The Morgan fingerprint density at radius 1 is 1.50 bits per heavy atom. The number of aliphatic hydroxyl groups is 1. The normalized spacial score (nSPS) is 14.0. The molecule has 5 N–H and O–H groups in total. The molecule has 2 atom stereocenters. The molecule has 0 spiro atoms. The number of nitrogens with zero attached hydrogens (tertiary/aromatic N) is 2. The van der Waals surface area contributed by atoms with Crippen molar-refractivity contribution in [3.63, 3.8) is 0 Å². The lowest BCUT2D eigenvalue weighted by atomic mass is 9.92. The molecule has 7 nitrogen and oxygen atoms in total. The van der Waals surface area contributed by atoms with Gasteiger partial charge in [0.2, 0.25) is 6.41 Å². The Kier molecular flexibility index (Phi) is 10.0. The predicted octanol–water partition coefficient (Wildman–Crippen LogP) is 2.23. The lowest BCUT2D eigenvalue weighted by Crippen LogP contribution is -2.31. The summed E-state index contributed by atoms with van der Waals surface area (Å²) in [4.78, 5) is 14.2. The second-order valence-electron chi connectivity index (χ2n) is 6.24. The number of amides is 1. The number of carbonyl (C=O) groups is 1. The number of aliphatic hydroxyl groups excluding tert-OH is 1. The number of aliphatic imine (C=N–C) groups is 1. The smallest absolute Gasteiger partial charge is 0.207 e. The van der Waals surface area contributed by atoms with Crippen LogP contribution in [0.25, 0.3) is 0 Å². The molecule has 1 aromatic rings. The highest BCUT2D eigenvalue weighted by Crippen LogP contribution is 2.22. The highest BCUT2D eigenvalue weighted by atomic mass is 19.1. The van der Waals surface area contributed by atoms with Gasteiger partial charge in [0.25, 0.3) is 0 Å². The number of halogens is 1. The zero-order valence-corrected chi connectivity index (χ0v) is 15.9. The van der Waals surface area contributed by atoms with Crippen LogP contribution >= 0.6 is 0 Å². The van der Waals surface area contributed by atoms with E-state index in [0.29, 0.717) is 31.4 Å². The zero-order chi connectivity index (χ0) is 20.9. The van der Waals surface area contributed by atoms with Crippen LogP contribution < -0.4 is 16.4 Å². The van der Waals surface area contributed by atoms with E-state index in [9.17, 15) is 19.6 Å². The van der Waals surface area contributed by atoms with Gasteiger partial charge in [0.15, 0.2) is 0 Å². The van der Waals surface area contributed by atoms with Crippen LogP contribution in [-0.2, 0) is 11.2 Å². The fourth-order valence-electron chi connectivity index (χ4n) is 2.82. The lowest BCUT2D eigenvalue weighted by Gasteiger charge is -2.22. The van der Waals surface area contributed by atoms with Crippen LogP contribution in [0.15, 0.2) is 46.8 Å². The molecule has 1 rings (SSSR count). The monoisotopic (exact) mass is 387 g/mol. The van der Waals surface area contributed by atoms with Crippen molar-refractivity contribution < 1.29 is 14.3 Å². The van der Waals surface area contributed by atoms with Crippen molar-refractivity contribution in [3.05, 3.63) is 53.2 Å².